The molecular formula is C20H30N4O6. The van der Waals surface area contributed by atoms with Gasteiger partial charge in [-0.2, -0.15) is 0 Å². The number of benzene rings is 1. The van der Waals surface area contributed by atoms with Crippen LogP contribution >= 0.6 is 0 Å². The zero-order valence-electron chi connectivity index (χ0n) is 17.3. The molecule has 4 atom stereocenters. The fourth-order valence-electron chi connectivity index (χ4n) is 2.57. The molecule has 1 aromatic rings. The number of nitrogens with one attached hydrogen (secondary N) is 3. The molecule has 0 spiro atoms. The molecule has 0 aliphatic heterocycles. The normalized spacial score (nSPS) is 14.7. The maximum Gasteiger partial charge on any atom is 0.325 e. The lowest BCUT2D eigenvalue weighted by Gasteiger charge is -2.24. The molecular weight excluding hydrogens is 392 g/mol. The molecule has 3 amide bonds. The molecule has 7 N–H and O–H groups in total. The molecule has 0 heterocycles. The average molecular weight is 422 g/mol. The van der Waals surface area contributed by atoms with Gasteiger partial charge in [0.05, 0.1) is 12.6 Å². The third-order valence-electron chi connectivity index (χ3n) is 4.69. The van der Waals surface area contributed by atoms with Crippen LogP contribution < -0.4 is 21.7 Å². The zero-order valence-corrected chi connectivity index (χ0v) is 17.3. The van der Waals surface area contributed by atoms with E-state index >= 15 is 0 Å². The van der Waals surface area contributed by atoms with Crippen LogP contribution in [-0.2, 0) is 25.6 Å². The topological polar surface area (TPSA) is 171 Å². The van der Waals surface area contributed by atoms with E-state index in [-0.39, 0.29) is 24.6 Å². The van der Waals surface area contributed by atoms with Crippen LogP contribution in [0, 0.1) is 5.92 Å². The number of carbonyl (C=O) groups excluding carboxylic acids is 3. The summed E-state index contributed by atoms with van der Waals surface area (Å²) >= 11 is 0. The quantitative estimate of drug-likeness (QED) is 0.279. The number of hydrogen-bond donors (Lipinski definition) is 6. The summed E-state index contributed by atoms with van der Waals surface area (Å²) in [5.74, 6) is -3.07. The molecule has 166 valence electrons. The van der Waals surface area contributed by atoms with Crippen molar-refractivity contribution >= 4 is 23.7 Å². The Hall–Kier alpha value is -3.14. The lowest BCUT2D eigenvalue weighted by atomic mass is 9.98. The molecule has 0 saturated carbocycles. The summed E-state index contributed by atoms with van der Waals surface area (Å²) in [6.45, 7) is 4.53. The van der Waals surface area contributed by atoms with Gasteiger partial charge >= 0.3 is 5.97 Å². The van der Waals surface area contributed by atoms with Crippen molar-refractivity contribution in [3.05, 3.63) is 29.8 Å². The SMILES string of the molecule is CCC(C)C(NC(=O)CNC(=O)C(N)Cc1ccc(O)cc1)C(=O)NC(C)C(=O)O. The molecule has 0 saturated heterocycles. The van der Waals surface area contributed by atoms with Crippen LogP contribution in [0.4, 0.5) is 0 Å². The number of nitrogens with two attached hydrogens (primary N) is 1. The molecule has 0 bridgehead atoms. The molecule has 4 unspecified atom stereocenters. The number of rotatable bonds is 11. The second-order valence-electron chi connectivity index (χ2n) is 7.19. The molecule has 0 radical (unpaired) electrons. The van der Waals surface area contributed by atoms with Crippen LogP contribution in [0.1, 0.15) is 32.8 Å². The van der Waals surface area contributed by atoms with E-state index in [9.17, 15) is 24.3 Å². The fraction of sp³-hybridized carbons (Fsp3) is 0.500. The van der Waals surface area contributed by atoms with Gasteiger partial charge in [-0.3, -0.25) is 19.2 Å². The predicted octanol–water partition coefficient (Wildman–Crippen LogP) is -0.502. The number of phenols is 1. The number of carbonyl (C=O) groups is 4. The lowest BCUT2D eigenvalue weighted by Crippen LogP contribution is -2.55. The summed E-state index contributed by atoms with van der Waals surface area (Å²) in [5.41, 5.74) is 6.60. The maximum atomic E-state index is 12.4. The third kappa shape index (κ3) is 8.08. The van der Waals surface area contributed by atoms with Crippen LogP contribution in [0.15, 0.2) is 24.3 Å². The number of amides is 3. The summed E-state index contributed by atoms with van der Waals surface area (Å²) in [6.07, 6.45) is 0.794. The Labute approximate surface area is 175 Å². The standard InChI is InChI=1S/C20H30N4O6/c1-4-11(2)17(19(28)23-12(3)20(29)30)24-16(26)10-22-18(27)15(21)9-13-5-7-14(25)8-6-13/h5-8,11-12,15,17,25H,4,9-10,21H2,1-3H3,(H,22,27)(H,23,28)(H,24,26)(H,29,30). The van der Waals surface area contributed by atoms with Crippen LogP contribution in [0.25, 0.3) is 0 Å². The molecule has 0 aromatic heterocycles. The number of aliphatic carboxylic acids is 1. The summed E-state index contributed by atoms with van der Waals surface area (Å²) in [4.78, 5) is 47.7. The van der Waals surface area contributed by atoms with Gasteiger partial charge in [-0.1, -0.05) is 32.4 Å². The van der Waals surface area contributed by atoms with Crippen molar-refractivity contribution in [1.29, 1.82) is 0 Å². The smallest absolute Gasteiger partial charge is 0.325 e. The van der Waals surface area contributed by atoms with Crippen LogP contribution in [0.2, 0.25) is 0 Å². The summed E-state index contributed by atoms with van der Waals surface area (Å²) < 4.78 is 0. The van der Waals surface area contributed by atoms with Crippen LogP contribution in [0.3, 0.4) is 0 Å². The van der Waals surface area contributed by atoms with E-state index in [2.05, 4.69) is 16.0 Å². The first kappa shape index (κ1) is 24.9. The molecule has 10 nitrogen and oxygen atoms in total. The Morgan fingerprint density at radius 1 is 1.03 bits per heavy atom. The third-order valence-corrected chi connectivity index (χ3v) is 4.69. The average Bonchev–Trinajstić information content (AvgIpc) is 2.70. The van der Waals surface area contributed by atoms with Crippen molar-refractivity contribution in [3.8, 4) is 5.75 Å². The second kappa shape index (κ2) is 11.8. The summed E-state index contributed by atoms with van der Waals surface area (Å²) in [6, 6.07) is 3.32. The Morgan fingerprint density at radius 3 is 2.17 bits per heavy atom. The second-order valence-corrected chi connectivity index (χ2v) is 7.19. The first-order valence-electron chi connectivity index (χ1n) is 9.68. The van der Waals surface area contributed by atoms with Gasteiger partial charge in [0.1, 0.15) is 17.8 Å². The van der Waals surface area contributed by atoms with Gasteiger partial charge in [-0.05, 0) is 37.0 Å². The lowest BCUT2D eigenvalue weighted by molar-refractivity contribution is -0.142. The van der Waals surface area contributed by atoms with Crippen LogP contribution in [0.5, 0.6) is 5.75 Å². The van der Waals surface area contributed by atoms with E-state index in [1.807, 2.05) is 6.92 Å². The minimum atomic E-state index is -1.19. The Balaban J connectivity index is 2.59. The molecule has 10 heteroatoms. The zero-order chi connectivity index (χ0) is 22.8. The Kier molecular flexibility index (Phi) is 9.76. The highest BCUT2D eigenvalue weighted by Gasteiger charge is 2.28. The van der Waals surface area contributed by atoms with Gasteiger partial charge in [0.2, 0.25) is 17.7 Å². The van der Waals surface area contributed by atoms with E-state index in [0.717, 1.165) is 5.56 Å². The summed E-state index contributed by atoms with van der Waals surface area (Å²) in [5, 5.41) is 25.5. The van der Waals surface area contributed by atoms with E-state index in [0.29, 0.717) is 6.42 Å². The van der Waals surface area contributed by atoms with Gasteiger partial charge in [-0.15, -0.1) is 0 Å². The highest BCUT2D eigenvalue weighted by atomic mass is 16.4. The number of carboxylic acid groups (broad SMARTS) is 1. The minimum absolute atomic E-state index is 0.103. The highest BCUT2D eigenvalue weighted by Crippen LogP contribution is 2.11. The number of aromatic hydroxyl groups is 1. The monoisotopic (exact) mass is 422 g/mol. The van der Waals surface area contributed by atoms with Crippen molar-refractivity contribution in [3.63, 3.8) is 0 Å². The molecule has 0 fully saturated rings. The first-order valence-corrected chi connectivity index (χ1v) is 9.68. The van der Waals surface area contributed by atoms with Crippen molar-refractivity contribution in [1.82, 2.24) is 16.0 Å². The maximum absolute atomic E-state index is 12.4. The molecule has 30 heavy (non-hydrogen) atoms. The van der Waals surface area contributed by atoms with E-state index in [4.69, 9.17) is 10.8 Å². The molecule has 1 rings (SSSR count). The predicted molar refractivity (Wildman–Crippen MR) is 109 cm³/mol. The van der Waals surface area contributed by atoms with Crippen molar-refractivity contribution in [2.24, 2.45) is 11.7 Å². The van der Waals surface area contributed by atoms with Gasteiger partial charge in [0, 0.05) is 0 Å². The number of phenolic OH excluding ortho intramolecular Hbond substituents is 1. The molecule has 0 aliphatic carbocycles. The van der Waals surface area contributed by atoms with Gasteiger partial charge in [0.25, 0.3) is 0 Å². The summed E-state index contributed by atoms with van der Waals surface area (Å²) in [7, 11) is 0. The van der Waals surface area contributed by atoms with Gasteiger partial charge in [-0.25, -0.2) is 0 Å². The first-order chi connectivity index (χ1) is 14.0. The highest BCUT2D eigenvalue weighted by molar-refractivity contribution is 5.92. The fourth-order valence-corrected chi connectivity index (χ4v) is 2.57. The van der Waals surface area contributed by atoms with Crippen LogP contribution in [-0.4, -0.2) is 58.6 Å². The Bertz CT molecular complexity index is 752. The minimum Gasteiger partial charge on any atom is -0.508 e. The number of hydrogen-bond acceptors (Lipinski definition) is 6. The van der Waals surface area contributed by atoms with Crippen molar-refractivity contribution < 1.29 is 29.4 Å². The number of carboxylic acids is 1. The van der Waals surface area contributed by atoms with E-state index < -0.39 is 41.8 Å². The largest absolute Gasteiger partial charge is 0.508 e. The van der Waals surface area contributed by atoms with E-state index in [1.54, 1.807) is 19.1 Å². The molecule has 0 aliphatic rings. The van der Waals surface area contributed by atoms with Gasteiger partial charge < -0.3 is 31.9 Å². The van der Waals surface area contributed by atoms with Crippen molar-refractivity contribution in [2.45, 2.75) is 51.7 Å². The van der Waals surface area contributed by atoms with Gasteiger partial charge in [0.15, 0.2) is 0 Å². The van der Waals surface area contributed by atoms with E-state index in [1.165, 1.54) is 19.1 Å². The molecule has 1 aromatic carbocycles. The Morgan fingerprint density at radius 2 is 1.63 bits per heavy atom. The van der Waals surface area contributed by atoms with Crippen molar-refractivity contribution in [2.75, 3.05) is 6.54 Å².